The second-order valence-electron chi connectivity index (χ2n) is 5.78. The van der Waals surface area contributed by atoms with E-state index in [-0.39, 0.29) is 0 Å². The van der Waals surface area contributed by atoms with Crippen LogP contribution in [0.3, 0.4) is 0 Å². The van der Waals surface area contributed by atoms with Crippen molar-refractivity contribution in [2.24, 2.45) is 0 Å². The maximum atomic E-state index is 10.3. The Balaban J connectivity index is 0. The maximum Gasteiger partial charge on any atom is 0.150 e. The summed E-state index contributed by atoms with van der Waals surface area (Å²) in [5, 5.41) is 0. The number of aryl methyl sites for hydroxylation is 2. The second-order valence-corrected chi connectivity index (χ2v) is 5.78. The van der Waals surface area contributed by atoms with E-state index >= 15 is 0 Å². The van der Waals surface area contributed by atoms with Crippen LogP contribution in [0.25, 0.3) is 0 Å². The minimum atomic E-state index is 0.684. The summed E-state index contributed by atoms with van der Waals surface area (Å²) in [6, 6.07) is 13.3. The first-order valence-electron chi connectivity index (χ1n) is 9.14. The third kappa shape index (κ3) is 13.1. The van der Waals surface area contributed by atoms with Gasteiger partial charge in [-0.05, 0) is 55.3 Å². The fourth-order valence-electron chi connectivity index (χ4n) is 1.72. The Hall–Kier alpha value is -2.29. The van der Waals surface area contributed by atoms with Gasteiger partial charge in [-0.15, -0.1) is 0 Å². The van der Waals surface area contributed by atoms with Gasteiger partial charge in [-0.25, -0.2) is 0 Å². The lowest BCUT2D eigenvalue weighted by Crippen LogP contribution is -1.88. The molecule has 2 aromatic rings. The molecule has 0 spiro atoms. The van der Waals surface area contributed by atoms with Gasteiger partial charge >= 0.3 is 0 Å². The van der Waals surface area contributed by atoms with Crippen LogP contribution in [-0.2, 0) is 0 Å². The summed E-state index contributed by atoms with van der Waals surface area (Å²) in [5.74, 6) is 1.74. The highest BCUT2D eigenvalue weighted by Gasteiger charge is 1.97. The Bertz CT molecular complexity index is 590. The molecule has 3 nitrogen and oxygen atoms in total. The smallest absolute Gasteiger partial charge is 0.150 e. The molecule has 0 saturated heterocycles. The third-order valence-electron chi connectivity index (χ3n) is 2.78. The van der Waals surface area contributed by atoms with Crippen LogP contribution in [0.1, 0.15) is 62.0 Å². The van der Waals surface area contributed by atoms with E-state index in [9.17, 15) is 4.79 Å². The molecular weight excluding hydrogens is 324 g/mol. The van der Waals surface area contributed by atoms with Crippen molar-refractivity contribution in [2.75, 3.05) is 14.2 Å². The van der Waals surface area contributed by atoms with E-state index in [0.717, 1.165) is 23.3 Å². The quantitative estimate of drug-likeness (QED) is 0.575. The molecule has 26 heavy (non-hydrogen) atoms. The highest BCUT2D eigenvalue weighted by Crippen LogP contribution is 2.17. The Morgan fingerprint density at radius 2 is 1.42 bits per heavy atom. The highest BCUT2D eigenvalue weighted by atomic mass is 16.5. The van der Waals surface area contributed by atoms with Crippen molar-refractivity contribution in [1.82, 2.24) is 0 Å². The van der Waals surface area contributed by atoms with E-state index < -0.39 is 0 Å². The average molecular weight is 361 g/mol. The Kier molecular flexibility index (Phi) is 17.5. The molecule has 2 rings (SSSR count). The number of carbonyl (C=O) groups excluding carboxylic acids is 1. The normalized spacial score (nSPS) is 8.46. The predicted octanol–water partition coefficient (Wildman–Crippen LogP) is 6.65. The van der Waals surface area contributed by atoms with E-state index in [1.165, 1.54) is 18.4 Å². The van der Waals surface area contributed by atoms with E-state index in [0.29, 0.717) is 5.56 Å². The van der Waals surface area contributed by atoms with Crippen LogP contribution in [0.5, 0.6) is 11.5 Å². The molecule has 0 unspecified atom stereocenters. The van der Waals surface area contributed by atoms with E-state index in [1.54, 1.807) is 32.4 Å². The summed E-state index contributed by atoms with van der Waals surface area (Å²) < 4.78 is 10.0. The van der Waals surface area contributed by atoms with Crippen molar-refractivity contribution in [3.8, 4) is 11.5 Å². The van der Waals surface area contributed by atoms with E-state index in [1.807, 2.05) is 38.1 Å². The summed E-state index contributed by atoms with van der Waals surface area (Å²) in [6.07, 6.45) is 3.33. The SMILES string of the molecule is CCC.CCC.COc1ccc(C=O)cc1C.COc1cccc(C)c1. The topological polar surface area (TPSA) is 35.5 Å². The molecule has 0 aliphatic heterocycles. The lowest BCUT2D eigenvalue weighted by atomic mass is 10.1. The number of methoxy groups -OCH3 is 2. The first-order chi connectivity index (χ1) is 12.4. The number of hydrogen-bond acceptors (Lipinski definition) is 3. The van der Waals surface area contributed by atoms with Crippen molar-refractivity contribution in [2.45, 2.75) is 54.4 Å². The zero-order valence-electron chi connectivity index (χ0n) is 17.8. The van der Waals surface area contributed by atoms with Gasteiger partial charge in [0.05, 0.1) is 14.2 Å². The molecule has 146 valence electrons. The zero-order valence-corrected chi connectivity index (χ0v) is 17.8. The van der Waals surface area contributed by atoms with Gasteiger partial charge < -0.3 is 9.47 Å². The molecular formula is C23H36O3. The van der Waals surface area contributed by atoms with Crippen molar-refractivity contribution >= 4 is 6.29 Å². The maximum absolute atomic E-state index is 10.3. The Morgan fingerprint density at radius 1 is 0.846 bits per heavy atom. The summed E-state index contributed by atoms with van der Waals surface area (Å²) in [7, 11) is 3.29. The largest absolute Gasteiger partial charge is 0.497 e. The molecule has 0 aliphatic rings. The van der Waals surface area contributed by atoms with Gasteiger partial charge in [-0.1, -0.05) is 52.7 Å². The average Bonchev–Trinajstić information content (AvgIpc) is 2.63. The summed E-state index contributed by atoms with van der Waals surface area (Å²) in [6.45, 7) is 12.5. The van der Waals surface area contributed by atoms with Crippen molar-refractivity contribution in [3.63, 3.8) is 0 Å². The molecule has 0 bridgehead atoms. The number of hydrogen-bond donors (Lipinski definition) is 0. The molecule has 0 saturated carbocycles. The number of carbonyl (C=O) groups is 1. The molecule has 0 heterocycles. The fourth-order valence-corrected chi connectivity index (χ4v) is 1.72. The van der Waals surface area contributed by atoms with Crippen molar-refractivity contribution in [1.29, 1.82) is 0 Å². The lowest BCUT2D eigenvalue weighted by molar-refractivity contribution is 0.112. The number of benzene rings is 2. The molecule has 0 aromatic heterocycles. The summed E-state index contributed by atoms with van der Waals surface area (Å²) in [5.41, 5.74) is 2.90. The highest BCUT2D eigenvalue weighted by molar-refractivity contribution is 5.75. The van der Waals surface area contributed by atoms with Gasteiger partial charge in [0.15, 0.2) is 0 Å². The Morgan fingerprint density at radius 3 is 1.77 bits per heavy atom. The molecule has 0 N–H and O–H groups in total. The van der Waals surface area contributed by atoms with Gasteiger partial charge in [0.25, 0.3) is 0 Å². The minimum absolute atomic E-state index is 0.684. The van der Waals surface area contributed by atoms with Crippen LogP contribution in [0, 0.1) is 13.8 Å². The standard InChI is InChI=1S/C9H10O2.C8H10O.2C3H8/c1-7-5-8(6-10)3-4-9(7)11-2;1-7-4-3-5-8(6-7)9-2;2*1-3-2/h3-6H,1-2H3;3-6H,1-2H3;2*3H2,1-2H3. The van der Waals surface area contributed by atoms with Gasteiger partial charge in [0, 0.05) is 5.56 Å². The predicted molar refractivity (Wildman–Crippen MR) is 113 cm³/mol. The monoisotopic (exact) mass is 360 g/mol. The number of ether oxygens (including phenoxy) is 2. The lowest BCUT2D eigenvalue weighted by Gasteiger charge is -2.03. The summed E-state index contributed by atoms with van der Waals surface area (Å²) >= 11 is 0. The van der Waals surface area contributed by atoms with E-state index in [4.69, 9.17) is 9.47 Å². The number of rotatable bonds is 3. The molecule has 2 aromatic carbocycles. The van der Waals surface area contributed by atoms with Crippen LogP contribution in [-0.4, -0.2) is 20.5 Å². The molecule has 3 heteroatoms. The van der Waals surface area contributed by atoms with Gasteiger partial charge in [0.1, 0.15) is 17.8 Å². The van der Waals surface area contributed by atoms with Gasteiger partial charge in [0.2, 0.25) is 0 Å². The van der Waals surface area contributed by atoms with Crippen LogP contribution >= 0.6 is 0 Å². The molecule has 0 fully saturated rings. The fraction of sp³-hybridized carbons (Fsp3) is 0.435. The minimum Gasteiger partial charge on any atom is -0.497 e. The van der Waals surface area contributed by atoms with Gasteiger partial charge in [-0.3, -0.25) is 4.79 Å². The number of aldehydes is 1. The van der Waals surface area contributed by atoms with Crippen LogP contribution in [0.2, 0.25) is 0 Å². The van der Waals surface area contributed by atoms with Crippen LogP contribution < -0.4 is 9.47 Å². The summed E-state index contributed by atoms with van der Waals surface area (Å²) in [4.78, 5) is 10.3. The third-order valence-corrected chi connectivity index (χ3v) is 2.78. The Labute approximate surface area is 160 Å². The first kappa shape index (κ1) is 25.9. The van der Waals surface area contributed by atoms with Gasteiger partial charge in [-0.2, -0.15) is 0 Å². The molecule has 0 atom stereocenters. The second kappa shape index (κ2) is 17.5. The van der Waals surface area contributed by atoms with Crippen molar-refractivity contribution < 1.29 is 14.3 Å². The molecule has 0 aliphatic carbocycles. The zero-order chi connectivity index (χ0) is 20.4. The molecule has 0 amide bonds. The first-order valence-corrected chi connectivity index (χ1v) is 9.14. The van der Waals surface area contributed by atoms with E-state index in [2.05, 4.69) is 27.7 Å². The van der Waals surface area contributed by atoms with Crippen LogP contribution in [0.4, 0.5) is 0 Å². The molecule has 0 radical (unpaired) electrons. The van der Waals surface area contributed by atoms with Crippen LogP contribution in [0.15, 0.2) is 42.5 Å². The van der Waals surface area contributed by atoms with Crippen molar-refractivity contribution in [3.05, 3.63) is 59.2 Å².